The van der Waals surface area contributed by atoms with Crippen LogP contribution >= 0.6 is 11.6 Å². The van der Waals surface area contributed by atoms with E-state index in [-0.39, 0.29) is 5.82 Å². The standard InChI is InChI=1S/C23H24ClFN4/c24-21-15-27-19(11-17-5-3-9-26-13-17)12-20(21)22-7-2-8-23(29-22)28-14-16-4-1-6-18(25)10-16/h1-2,4,6-8,10,12,15,17,26H,3,5,9,11,13-14H2,(H,28,29)/t17-/m0/s1. The van der Waals surface area contributed by atoms with Crippen LogP contribution in [-0.2, 0) is 13.0 Å². The maximum Gasteiger partial charge on any atom is 0.126 e. The Balaban J connectivity index is 1.50. The first-order valence-corrected chi connectivity index (χ1v) is 10.4. The summed E-state index contributed by atoms with van der Waals surface area (Å²) >= 11 is 6.44. The number of piperidine rings is 1. The van der Waals surface area contributed by atoms with E-state index in [4.69, 9.17) is 16.6 Å². The van der Waals surface area contributed by atoms with Gasteiger partial charge in [-0.2, -0.15) is 0 Å². The van der Waals surface area contributed by atoms with Gasteiger partial charge in [0.1, 0.15) is 11.6 Å². The molecule has 1 aromatic carbocycles. The third-order valence-electron chi connectivity index (χ3n) is 5.20. The largest absolute Gasteiger partial charge is 0.366 e. The zero-order valence-corrected chi connectivity index (χ0v) is 16.9. The molecule has 0 aliphatic carbocycles. The minimum Gasteiger partial charge on any atom is -0.366 e. The summed E-state index contributed by atoms with van der Waals surface area (Å²) in [6, 6.07) is 14.4. The second-order valence-corrected chi connectivity index (χ2v) is 7.87. The molecule has 0 unspecified atom stereocenters. The second kappa shape index (κ2) is 9.33. The Bertz CT molecular complexity index is 973. The molecule has 2 N–H and O–H groups in total. The highest BCUT2D eigenvalue weighted by Gasteiger charge is 2.16. The average molecular weight is 411 g/mol. The number of hydrogen-bond acceptors (Lipinski definition) is 4. The van der Waals surface area contributed by atoms with Gasteiger partial charge in [0.15, 0.2) is 0 Å². The molecule has 150 valence electrons. The molecule has 0 saturated carbocycles. The number of pyridine rings is 2. The Morgan fingerprint density at radius 3 is 2.90 bits per heavy atom. The van der Waals surface area contributed by atoms with Crippen molar-refractivity contribution in [3.63, 3.8) is 0 Å². The monoisotopic (exact) mass is 410 g/mol. The van der Waals surface area contributed by atoms with Crippen LogP contribution in [0.25, 0.3) is 11.3 Å². The van der Waals surface area contributed by atoms with Crippen LogP contribution in [0.4, 0.5) is 10.2 Å². The van der Waals surface area contributed by atoms with Gasteiger partial charge in [0, 0.05) is 24.0 Å². The Labute approximate surface area is 175 Å². The number of aromatic nitrogens is 2. The SMILES string of the molecule is Fc1cccc(CNc2cccc(-c3cc(C[C@@H]4CCCNC4)ncc3Cl)n2)c1. The van der Waals surface area contributed by atoms with Gasteiger partial charge in [0.25, 0.3) is 0 Å². The summed E-state index contributed by atoms with van der Waals surface area (Å²) in [6.45, 7) is 2.64. The Kier molecular flexibility index (Phi) is 6.37. The molecule has 4 nitrogen and oxygen atoms in total. The lowest BCUT2D eigenvalue weighted by atomic mass is 9.94. The van der Waals surface area contributed by atoms with Gasteiger partial charge in [-0.05, 0) is 74.2 Å². The molecule has 2 aromatic heterocycles. The first-order chi connectivity index (χ1) is 14.2. The lowest BCUT2D eigenvalue weighted by Gasteiger charge is -2.22. The lowest BCUT2D eigenvalue weighted by molar-refractivity contribution is 0.373. The molecule has 0 amide bonds. The highest BCUT2D eigenvalue weighted by molar-refractivity contribution is 6.33. The molecule has 0 radical (unpaired) electrons. The van der Waals surface area contributed by atoms with E-state index in [1.807, 2.05) is 24.3 Å². The number of benzene rings is 1. The molecule has 1 atom stereocenters. The molecule has 4 rings (SSSR count). The van der Waals surface area contributed by atoms with E-state index in [1.165, 1.54) is 25.0 Å². The number of rotatable bonds is 6. The fourth-order valence-corrected chi connectivity index (χ4v) is 3.91. The molecule has 3 heterocycles. The molecule has 0 bridgehead atoms. The minimum atomic E-state index is -0.240. The molecular weight excluding hydrogens is 387 g/mol. The first-order valence-electron chi connectivity index (χ1n) is 9.98. The van der Waals surface area contributed by atoms with Crippen molar-refractivity contribution in [1.29, 1.82) is 0 Å². The van der Waals surface area contributed by atoms with E-state index in [0.29, 0.717) is 17.5 Å². The highest BCUT2D eigenvalue weighted by Crippen LogP contribution is 2.28. The van der Waals surface area contributed by atoms with Gasteiger partial charge in [-0.1, -0.05) is 29.8 Å². The normalized spacial score (nSPS) is 16.6. The van der Waals surface area contributed by atoms with E-state index in [2.05, 4.69) is 21.7 Å². The van der Waals surface area contributed by atoms with Gasteiger partial charge in [-0.3, -0.25) is 4.98 Å². The number of hydrogen-bond donors (Lipinski definition) is 2. The number of nitrogens with one attached hydrogen (secondary N) is 2. The molecule has 1 saturated heterocycles. The fourth-order valence-electron chi connectivity index (χ4n) is 3.71. The van der Waals surface area contributed by atoms with Crippen molar-refractivity contribution in [2.24, 2.45) is 5.92 Å². The number of nitrogens with zero attached hydrogens (tertiary/aromatic N) is 2. The van der Waals surface area contributed by atoms with Crippen molar-refractivity contribution < 1.29 is 4.39 Å². The van der Waals surface area contributed by atoms with Crippen LogP contribution < -0.4 is 10.6 Å². The third-order valence-corrected chi connectivity index (χ3v) is 5.50. The maximum absolute atomic E-state index is 13.4. The van der Waals surface area contributed by atoms with Crippen LogP contribution in [0, 0.1) is 11.7 Å². The van der Waals surface area contributed by atoms with Crippen LogP contribution in [0.1, 0.15) is 24.1 Å². The van der Waals surface area contributed by atoms with E-state index in [0.717, 1.165) is 47.8 Å². The van der Waals surface area contributed by atoms with Crippen molar-refractivity contribution in [2.75, 3.05) is 18.4 Å². The van der Waals surface area contributed by atoms with Crippen molar-refractivity contribution in [3.8, 4) is 11.3 Å². The van der Waals surface area contributed by atoms with E-state index in [9.17, 15) is 4.39 Å². The number of halogens is 2. The highest BCUT2D eigenvalue weighted by atomic mass is 35.5. The smallest absolute Gasteiger partial charge is 0.126 e. The summed E-state index contributed by atoms with van der Waals surface area (Å²) in [5.74, 6) is 1.09. The fraction of sp³-hybridized carbons (Fsp3) is 0.304. The Morgan fingerprint density at radius 2 is 2.07 bits per heavy atom. The van der Waals surface area contributed by atoms with Crippen LogP contribution in [0.15, 0.2) is 54.7 Å². The first kappa shape index (κ1) is 19.8. The minimum absolute atomic E-state index is 0.240. The van der Waals surface area contributed by atoms with Crippen LogP contribution in [0.2, 0.25) is 5.02 Å². The molecule has 6 heteroatoms. The predicted molar refractivity (Wildman–Crippen MR) is 116 cm³/mol. The Morgan fingerprint density at radius 1 is 1.17 bits per heavy atom. The quantitative estimate of drug-likeness (QED) is 0.594. The molecule has 0 spiro atoms. The van der Waals surface area contributed by atoms with Crippen molar-refractivity contribution in [2.45, 2.75) is 25.8 Å². The van der Waals surface area contributed by atoms with Crippen LogP contribution in [0.3, 0.4) is 0 Å². The summed E-state index contributed by atoms with van der Waals surface area (Å²) in [7, 11) is 0. The van der Waals surface area contributed by atoms with Gasteiger partial charge >= 0.3 is 0 Å². The topological polar surface area (TPSA) is 49.8 Å². The zero-order chi connectivity index (χ0) is 20.1. The third kappa shape index (κ3) is 5.31. The maximum atomic E-state index is 13.4. The molecule has 1 fully saturated rings. The van der Waals surface area contributed by atoms with Crippen LogP contribution in [-0.4, -0.2) is 23.1 Å². The molecule has 3 aromatic rings. The molecular formula is C23H24ClFN4. The van der Waals surface area contributed by atoms with E-state index < -0.39 is 0 Å². The summed E-state index contributed by atoms with van der Waals surface area (Å²) in [4.78, 5) is 9.23. The van der Waals surface area contributed by atoms with Gasteiger partial charge in [-0.15, -0.1) is 0 Å². The van der Waals surface area contributed by atoms with Crippen molar-refractivity contribution in [1.82, 2.24) is 15.3 Å². The van der Waals surface area contributed by atoms with Gasteiger partial charge < -0.3 is 10.6 Å². The van der Waals surface area contributed by atoms with Crippen molar-refractivity contribution in [3.05, 3.63) is 76.8 Å². The Hall–Kier alpha value is -2.50. The summed E-state index contributed by atoms with van der Waals surface area (Å²) in [5, 5.41) is 7.29. The van der Waals surface area contributed by atoms with E-state index >= 15 is 0 Å². The van der Waals surface area contributed by atoms with Gasteiger partial charge in [0.2, 0.25) is 0 Å². The summed E-state index contributed by atoms with van der Waals surface area (Å²) in [6.07, 6.45) is 5.10. The molecule has 1 aliphatic heterocycles. The molecule has 29 heavy (non-hydrogen) atoms. The van der Waals surface area contributed by atoms with Crippen molar-refractivity contribution >= 4 is 17.4 Å². The second-order valence-electron chi connectivity index (χ2n) is 7.46. The molecule has 1 aliphatic rings. The zero-order valence-electron chi connectivity index (χ0n) is 16.2. The van der Waals surface area contributed by atoms with E-state index in [1.54, 1.807) is 12.3 Å². The number of anilines is 1. The lowest BCUT2D eigenvalue weighted by Crippen LogP contribution is -2.31. The predicted octanol–water partition coefficient (Wildman–Crippen LogP) is 5.09. The van der Waals surface area contributed by atoms with Gasteiger partial charge in [0.05, 0.1) is 10.7 Å². The van der Waals surface area contributed by atoms with Gasteiger partial charge in [-0.25, -0.2) is 9.37 Å². The average Bonchev–Trinajstić information content (AvgIpc) is 2.75. The summed E-state index contributed by atoms with van der Waals surface area (Å²) < 4.78 is 13.4. The van der Waals surface area contributed by atoms with Crippen LogP contribution in [0.5, 0.6) is 0 Å². The summed E-state index contributed by atoms with van der Waals surface area (Å²) in [5.41, 5.74) is 3.58.